The second-order valence-electron chi connectivity index (χ2n) is 11.3. The molecule has 2 aliphatic rings. The quantitative estimate of drug-likeness (QED) is 0.297. The zero-order chi connectivity index (χ0) is 27.8. The SMILES string of the molecule is CC(=O)OC(CC(=O)OC1CC1Nc1cc(-n2cc(C)c3c2CCCC3=O)ccc1C(N)=O)C[N+](C)(C)C.[Cl-]. The first-order chi connectivity index (χ1) is 17.8. The number of hydrogen-bond acceptors (Lipinski definition) is 7. The van der Waals surface area contributed by atoms with Gasteiger partial charge in [0.2, 0.25) is 0 Å². The summed E-state index contributed by atoms with van der Waals surface area (Å²) < 4.78 is 13.5. The molecule has 3 unspecified atom stereocenters. The zero-order valence-electron chi connectivity index (χ0n) is 23.1. The highest BCUT2D eigenvalue weighted by molar-refractivity contribution is 6.00. The largest absolute Gasteiger partial charge is 1.00 e. The molecule has 0 bridgehead atoms. The number of aromatic nitrogens is 1. The number of ketones is 1. The third kappa shape index (κ3) is 7.39. The molecule has 4 rings (SSSR count). The van der Waals surface area contributed by atoms with Crippen molar-refractivity contribution in [2.45, 2.75) is 64.2 Å². The molecule has 1 heterocycles. The number of esters is 2. The molecule has 2 aromatic rings. The van der Waals surface area contributed by atoms with Gasteiger partial charge in [-0.25, -0.2) is 0 Å². The standard InChI is InChI=1S/C28H36N4O6.ClH/c1-16-14-31(23-7-6-8-24(34)27(16)23)18-9-10-20(28(29)36)21(11-18)30-22-13-25(22)38-26(35)12-19(37-17(2)33)15-32(3,4)5;/h9-11,14,19,22,25H,6-8,12-13,15H2,1-5H3,(H2-,29,30,36);1H. The van der Waals surface area contributed by atoms with Gasteiger partial charge in [0.05, 0.1) is 39.2 Å². The maximum Gasteiger partial charge on any atom is 0.310 e. The third-order valence-corrected chi connectivity index (χ3v) is 6.77. The fourth-order valence-electron chi connectivity index (χ4n) is 5.14. The summed E-state index contributed by atoms with van der Waals surface area (Å²) in [7, 11) is 5.86. The molecule has 0 saturated heterocycles. The van der Waals surface area contributed by atoms with Crippen molar-refractivity contribution in [2.24, 2.45) is 5.73 Å². The fourth-order valence-corrected chi connectivity index (χ4v) is 5.14. The minimum absolute atomic E-state index is 0. The Bertz CT molecular complexity index is 1280. The van der Waals surface area contributed by atoms with Crippen molar-refractivity contribution in [3.05, 3.63) is 46.8 Å². The molecule has 1 aromatic carbocycles. The highest BCUT2D eigenvalue weighted by Crippen LogP contribution is 2.34. The number of amides is 1. The number of nitrogens with two attached hydrogens (primary N) is 1. The first kappa shape index (κ1) is 30.2. The second kappa shape index (κ2) is 11.8. The summed E-state index contributed by atoms with van der Waals surface area (Å²) in [5.41, 5.74) is 10.0. The van der Waals surface area contributed by atoms with Crippen molar-refractivity contribution in [1.82, 2.24) is 4.57 Å². The smallest absolute Gasteiger partial charge is 0.310 e. The predicted molar refractivity (Wildman–Crippen MR) is 141 cm³/mol. The molecule has 0 aliphatic heterocycles. The number of ether oxygens (including phenoxy) is 2. The summed E-state index contributed by atoms with van der Waals surface area (Å²) in [4.78, 5) is 48.7. The van der Waals surface area contributed by atoms with E-state index in [1.807, 2.05) is 51.0 Å². The number of aryl methyl sites for hydroxylation is 1. The number of benzene rings is 1. The number of nitrogens with zero attached hydrogens (tertiary/aromatic N) is 2. The lowest BCUT2D eigenvalue weighted by atomic mass is 9.94. The lowest BCUT2D eigenvalue weighted by Crippen LogP contribution is -3.00. The number of carbonyl (C=O) groups is 4. The summed E-state index contributed by atoms with van der Waals surface area (Å²) in [6.07, 6.45) is 3.73. The van der Waals surface area contributed by atoms with Crippen molar-refractivity contribution in [1.29, 1.82) is 0 Å². The highest BCUT2D eigenvalue weighted by Gasteiger charge is 2.42. The minimum Gasteiger partial charge on any atom is -1.00 e. The van der Waals surface area contributed by atoms with E-state index in [9.17, 15) is 19.2 Å². The Morgan fingerprint density at radius 1 is 1.21 bits per heavy atom. The van der Waals surface area contributed by atoms with E-state index in [0.717, 1.165) is 35.3 Å². The van der Waals surface area contributed by atoms with Gasteiger partial charge in [-0.15, -0.1) is 0 Å². The van der Waals surface area contributed by atoms with Crippen molar-refractivity contribution < 1.29 is 45.5 Å². The summed E-state index contributed by atoms with van der Waals surface area (Å²) >= 11 is 0. The van der Waals surface area contributed by atoms with E-state index in [4.69, 9.17) is 15.2 Å². The van der Waals surface area contributed by atoms with Crippen LogP contribution in [0.3, 0.4) is 0 Å². The molecule has 39 heavy (non-hydrogen) atoms. The fraction of sp³-hybridized carbons (Fsp3) is 0.500. The zero-order valence-corrected chi connectivity index (χ0v) is 23.8. The van der Waals surface area contributed by atoms with Crippen LogP contribution in [0.15, 0.2) is 24.4 Å². The van der Waals surface area contributed by atoms with Gasteiger partial charge in [0.15, 0.2) is 11.9 Å². The van der Waals surface area contributed by atoms with Crippen molar-refractivity contribution in [2.75, 3.05) is 33.0 Å². The molecule has 2 aliphatic carbocycles. The predicted octanol–water partition coefficient (Wildman–Crippen LogP) is -0.468. The molecule has 3 N–H and O–H groups in total. The van der Waals surface area contributed by atoms with Gasteiger partial charge in [-0.1, -0.05) is 0 Å². The Morgan fingerprint density at radius 2 is 1.92 bits per heavy atom. The molecular weight excluding hydrogens is 524 g/mol. The molecule has 1 aromatic heterocycles. The van der Waals surface area contributed by atoms with Crippen molar-refractivity contribution in [3.8, 4) is 5.69 Å². The number of Topliss-reactive ketones (excluding diaryl/α,β-unsaturated/α-hetero) is 1. The van der Waals surface area contributed by atoms with Crippen LogP contribution in [0.1, 0.15) is 64.6 Å². The summed E-state index contributed by atoms with van der Waals surface area (Å²) in [5.74, 6) is -1.29. The number of hydrogen-bond donors (Lipinski definition) is 2. The van der Waals surface area contributed by atoms with Gasteiger partial charge >= 0.3 is 11.9 Å². The normalized spacial score (nSPS) is 18.8. The second-order valence-corrected chi connectivity index (χ2v) is 11.3. The van der Waals surface area contributed by atoms with Gasteiger partial charge in [0, 0.05) is 48.6 Å². The minimum atomic E-state index is -0.578. The number of quaternary nitrogens is 1. The Kier molecular flexibility index (Phi) is 9.12. The van der Waals surface area contributed by atoms with Crippen LogP contribution >= 0.6 is 0 Å². The Balaban J connectivity index is 0.00000420. The van der Waals surface area contributed by atoms with E-state index in [2.05, 4.69) is 5.32 Å². The van der Waals surface area contributed by atoms with Crippen LogP contribution in [0.2, 0.25) is 0 Å². The van der Waals surface area contributed by atoms with Crippen LogP contribution in [0, 0.1) is 6.92 Å². The first-order valence-corrected chi connectivity index (χ1v) is 12.9. The van der Waals surface area contributed by atoms with Crippen LogP contribution in [0.4, 0.5) is 5.69 Å². The number of anilines is 1. The molecule has 11 heteroatoms. The van der Waals surface area contributed by atoms with Crippen LogP contribution in [-0.2, 0) is 25.5 Å². The maximum atomic E-state index is 12.6. The first-order valence-electron chi connectivity index (χ1n) is 12.9. The average Bonchev–Trinajstić information content (AvgIpc) is 3.40. The van der Waals surface area contributed by atoms with E-state index in [0.29, 0.717) is 35.1 Å². The molecule has 1 amide bonds. The van der Waals surface area contributed by atoms with Gasteiger partial charge in [-0.3, -0.25) is 19.2 Å². The number of likely N-dealkylation sites (N-methyl/N-ethyl adjacent to an activating group) is 1. The summed E-state index contributed by atoms with van der Waals surface area (Å²) in [6, 6.07) is 5.15. The lowest BCUT2D eigenvalue weighted by molar-refractivity contribution is -0.873. The van der Waals surface area contributed by atoms with Crippen LogP contribution in [-0.4, -0.2) is 78.6 Å². The lowest BCUT2D eigenvalue weighted by Gasteiger charge is -2.28. The number of halogens is 1. The Hall–Kier alpha value is -3.37. The van der Waals surface area contributed by atoms with E-state index in [1.165, 1.54) is 6.92 Å². The molecular formula is C28H37ClN4O6. The molecule has 10 nitrogen and oxygen atoms in total. The van der Waals surface area contributed by atoms with Crippen molar-refractivity contribution >= 4 is 29.3 Å². The number of nitrogens with one attached hydrogen (secondary N) is 1. The number of fused-ring (bicyclic) bond motifs is 1. The van der Waals surface area contributed by atoms with E-state index in [-0.39, 0.29) is 36.8 Å². The monoisotopic (exact) mass is 560 g/mol. The van der Waals surface area contributed by atoms with Gasteiger partial charge in [0.1, 0.15) is 12.6 Å². The number of carbonyl (C=O) groups excluding carboxylic acids is 4. The maximum absolute atomic E-state index is 12.6. The van der Waals surface area contributed by atoms with Crippen molar-refractivity contribution in [3.63, 3.8) is 0 Å². The van der Waals surface area contributed by atoms with Crippen LogP contribution in [0.25, 0.3) is 5.69 Å². The average molecular weight is 561 g/mol. The molecule has 0 radical (unpaired) electrons. The molecule has 1 saturated carbocycles. The van der Waals surface area contributed by atoms with E-state index in [1.54, 1.807) is 6.07 Å². The molecule has 0 spiro atoms. The Morgan fingerprint density at radius 3 is 2.56 bits per heavy atom. The van der Waals surface area contributed by atoms with E-state index >= 15 is 0 Å². The summed E-state index contributed by atoms with van der Waals surface area (Å²) in [5, 5.41) is 3.30. The molecule has 1 fully saturated rings. The molecule has 212 valence electrons. The number of primary amides is 1. The topological polar surface area (TPSA) is 130 Å². The van der Waals surface area contributed by atoms with Gasteiger partial charge in [0.25, 0.3) is 5.91 Å². The van der Waals surface area contributed by atoms with Crippen LogP contribution < -0.4 is 23.5 Å². The van der Waals surface area contributed by atoms with Crippen LogP contribution in [0.5, 0.6) is 0 Å². The third-order valence-electron chi connectivity index (χ3n) is 6.77. The van der Waals surface area contributed by atoms with Gasteiger partial charge in [-0.05, 0) is 43.5 Å². The summed E-state index contributed by atoms with van der Waals surface area (Å²) in [6.45, 7) is 3.73. The number of rotatable bonds is 10. The molecule has 3 atom stereocenters. The van der Waals surface area contributed by atoms with Gasteiger partial charge < -0.3 is 42.0 Å². The Labute approximate surface area is 234 Å². The van der Waals surface area contributed by atoms with E-state index < -0.39 is 23.9 Å². The van der Waals surface area contributed by atoms with Gasteiger partial charge in [-0.2, -0.15) is 0 Å². The highest BCUT2D eigenvalue weighted by atomic mass is 35.5.